The van der Waals surface area contributed by atoms with Crippen LogP contribution in [0.2, 0.25) is 0 Å². The number of aliphatic imine (C=N–C) groups is 1. The van der Waals surface area contributed by atoms with Gasteiger partial charge in [-0.2, -0.15) is 0 Å². The van der Waals surface area contributed by atoms with Gasteiger partial charge >= 0.3 is 0 Å². The standard InChI is InChI=1S/C12H16BrN3/c1-3-12(8-15-11(14)16(12)2)9-4-6-10(13)7-5-9/h4-7H,3,8H2,1-2H3,(H2,14,15). The van der Waals surface area contributed by atoms with E-state index in [2.05, 4.69) is 57.0 Å². The number of guanidine groups is 1. The topological polar surface area (TPSA) is 41.6 Å². The first-order valence-corrected chi connectivity index (χ1v) is 6.19. The largest absolute Gasteiger partial charge is 0.370 e. The van der Waals surface area contributed by atoms with Gasteiger partial charge in [-0.1, -0.05) is 35.0 Å². The lowest BCUT2D eigenvalue weighted by molar-refractivity contribution is 0.230. The summed E-state index contributed by atoms with van der Waals surface area (Å²) in [5.41, 5.74) is 7.07. The lowest BCUT2D eigenvalue weighted by Gasteiger charge is -2.36. The molecule has 16 heavy (non-hydrogen) atoms. The maximum absolute atomic E-state index is 5.86. The highest BCUT2D eigenvalue weighted by Crippen LogP contribution is 2.35. The summed E-state index contributed by atoms with van der Waals surface area (Å²) in [4.78, 5) is 6.43. The summed E-state index contributed by atoms with van der Waals surface area (Å²) in [5, 5.41) is 0. The number of rotatable bonds is 2. The minimum absolute atomic E-state index is 0.0647. The molecule has 4 heteroatoms. The van der Waals surface area contributed by atoms with E-state index >= 15 is 0 Å². The quantitative estimate of drug-likeness (QED) is 0.904. The Balaban J connectivity index is 2.40. The highest BCUT2D eigenvalue weighted by molar-refractivity contribution is 9.10. The van der Waals surface area contributed by atoms with Crippen LogP contribution in [0.1, 0.15) is 18.9 Å². The zero-order valence-corrected chi connectivity index (χ0v) is 11.2. The number of nitrogens with zero attached hydrogens (tertiary/aromatic N) is 2. The molecule has 0 saturated heterocycles. The van der Waals surface area contributed by atoms with Crippen molar-refractivity contribution in [3.05, 3.63) is 34.3 Å². The van der Waals surface area contributed by atoms with Crippen molar-refractivity contribution in [3.8, 4) is 0 Å². The van der Waals surface area contributed by atoms with E-state index in [1.165, 1.54) is 5.56 Å². The molecule has 1 aliphatic heterocycles. The lowest BCUT2D eigenvalue weighted by atomic mass is 9.87. The average molecular weight is 282 g/mol. The van der Waals surface area contributed by atoms with Gasteiger partial charge in [-0.15, -0.1) is 0 Å². The molecule has 2 rings (SSSR count). The van der Waals surface area contributed by atoms with Crippen molar-refractivity contribution in [1.29, 1.82) is 0 Å². The van der Waals surface area contributed by atoms with Crippen LogP contribution in [0, 0.1) is 0 Å². The molecular formula is C12H16BrN3. The lowest BCUT2D eigenvalue weighted by Crippen LogP contribution is -2.46. The van der Waals surface area contributed by atoms with E-state index in [9.17, 15) is 0 Å². The second-order valence-corrected chi connectivity index (χ2v) is 5.04. The van der Waals surface area contributed by atoms with Crippen molar-refractivity contribution in [1.82, 2.24) is 4.90 Å². The van der Waals surface area contributed by atoms with Crippen LogP contribution in [-0.4, -0.2) is 24.5 Å². The van der Waals surface area contributed by atoms with E-state index in [0.717, 1.165) is 17.4 Å². The van der Waals surface area contributed by atoms with E-state index in [1.807, 2.05) is 7.05 Å². The number of halogens is 1. The molecule has 0 aromatic heterocycles. The Kier molecular flexibility index (Phi) is 2.93. The van der Waals surface area contributed by atoms with E-state index in [4.69, 9.17) is 5.73 Å². The van der Waals surface area contributed by atoms with Crippen LogP contribution in [0.3, 0.4) is 0 Å². The molecule has 0 spiro atoms. The number of likely N-dealkylation sites (N-methyl/N-ethyl adjacent to an activating group) is 1. The number of nitrogens with two attached hydrogens (primary N) is 1. The third-order valence-corrected chi connectivity index (χ3v) is 3.98. The van der Waals surface area contributed by atoms with Gasteiger partial charge < -0.3 is 10.6 Å². The van der Waals surface area contributed by atoms with E-state index in [0.29, 0.717) is 5.96 Å². The van der Waals surface area contributed by atoms with Gasteiger partial charge in [0.05, 0.1) is 12.1 Å². The van der Waals surface area contributed by atoms with Gasteiger partial charge in [0.2, 0.25) is 0 Å². The van der Waals surface area contributed by atoms with Crippen LogP contribution in [0.4, 0.5) is 0 Å². The normalized spacial score (nSPS) is 24.7. The molecule has 0 fully saturated rings. The summed E-state index contributed by atoms with van der Waals surface area (Å²) >= 11 is 3.45. The van der Waals surface area contributed by atoms with Gasteiger partial charge in [0.15, 0.2) is 5.96 Å². The predicted octanol–water partition coefficient (Wildman–Crippen LogP) is 2.31. The first kappa shape index (κ1) is 11.5. The summed E-state index contributed by atoms with van der Waals surface area (Å²) in [6.45, 7) is 2.92. The molecule has 0 amide bonds. The van der Waals surface area contributed by atoms with Crippen LogP contribution in [0.25, 0.3) is 0 Å². The molecular weight excluding hydrogens is 266 g/mol. The number of benzene rings is 1. The zero-order chi connectivity index (χ0) is 11.8. The number of hydrogen-bond acceptors (Lipinski definition) is 3. The first-order chi connectivity index (χ1) is 7.60. The second-order valence-electron chi connectivity index (χ2n) is 4.13. The van der Waals surface area contributed by atoms with Crippen LogP contribution >= 0.6 is 15.9 Å². The van der Waals surface area contributed by atoms with Gasteiger partial charge in [-0.3, -0.25) is 4.99 Å². The van der Waals surface area contributed by atoms with Crippen molar-refractivity contribution in [2.75, 3.05) is 13.6 Å². The third kappa shape index (κ3) is 1.61. The molecule has 0 aliphatic carbocycles. The second kappa shape index (κ2) is 4.09. The Bertz CT molecular complexity index is 413. The van der Waals surface area contributed by atoms with E-state index in [-0.39, 0.29) is 5.54 Å². The Morgan fingerprint density at radius 3 is 2.50 bits per heavy atom. The monoisotopic (exact) mass is 281 g/mol. The first-order valence-electron chi connectivity index (χ1n) is 5.40. The Morgan fingerprint density at radius 2 is 2.06 bits per heavy atom. The molecule has 1 heterocycles. The van der Waals surface area contributed by atoms with Crippen LogP contribution in [0.15, 0.2) is 33.7 Å². The van der Waals surface area contributed by atoms with Crippen molar-refractivity contribution >= 4 is 21.9 Å². The van der Waals surface area contributed by atoms with Crippen molar-refractivity contribution in [2.45, 2.75) is 18.9 Å². The molecule has 1 unspecified atom stereocenters. The Labute approximate surface area is 104 Å². The van der Waals surface area contributed by atoms with Crippen molar-refractivity contribution in [3.63, 3.8) is 0 Å². The minimum Gasteiger partial charge on any atom is -0.370 e. The highest BCUT2D eigenvalue weighted by atomic mass is 79.9. The zero-order valence-electron chi connectivity index (χ0n) is 9.57. The fourth-order valence-electron chi connectivity index (χ4n) is 2.24. The fourth-order valence-corrected chi connectivity index (χ4v) is 2.51. The summed E-state index contributed by atoms with van der Waals surface area (Å²) in [6, 6.07) is 8.40. The van der Waals surface area contributed by atoms with E-state index in [1.54, 1.807) is 0 Å². The minimum atomic E-state index is -0.0647. The third-order valence-electron chi connectivity index (χ3n) is 3.45. The average Bonchev–Trinajstić information content (AvgIpc) is 2.59. The molecule has 1 aromatic carbocycles. The summed E-state index contributed by atoms with van der Waals surface area (Å²) < 4.78 is 1.09. The molecule has 0 bridgehead atoms. The molecule has 2 N–H and O–H groups in total. The van der Waals surface area contributed by atoms with Gasteiger partial charge in [-0.05, 0) is 24.1 Å². The molecule has 1 aliphatic rings. The highest BCUT2D eigenvalue weighted by Gasteiger charge is 2.39. The predicted molar refractivity (Wildman–Crippen MR) is 70.4 cm³/mol. The summed E-state index contributed by atoms with van der Waals surface area (Å²) in [7, 11) is 2.01. The van der Waals surface area contributed by atoms with Gasteiger partial charge in [-0.25, -0.2) is 0 Å². The van der Waals surface area contributed by atoms with Crippen molar-refractivity contribution < 1.29 is 0 Å². The number of hydrogen-bond donors (Lipinski definition) is 1. The summed E-state index contributed by atoms with van der Waals surface area (Å²) in [5.74, 6) is 0.629. The molecule has 1 atom stereocenters. The maximum Gasteiger partial charge on any atom is 0.191 e. The summed E-state index contributed by atoms with van der Waals surface area (Å²) in [6.07, 6.45) is 0.995. The van der Waals surface area contributed by atoms with Crippen molar-refractivity contribution in [2.24, 2.45) is 10.7 Å². The molecule has 0 saturated carbocycles. The SMILES string of the molecule is CCC1(c2ccc(Br)cc2)CN=C(N)N1C. The smallest absolute Gasteiger partial charge is 0.191 e. The fraction of sp³-hybridized carbons (Fsp3) is 0.417. The van der Waals surface area contributed by atoms with Gasteiger partial charge in [0.25, 0.3) is 0 Å². The van der Waals surface area contributed by atoms with E-state index < -0.39 is 0 Å². The maximum atomic E-state index is 5.86. The molecule has 0 radical (unpaired) electrons. The van der Waals surface area contributed by atoms with Gasteiger partial charge in [0.1, 0.15) is 0 Å². The molecule has 1 aromatic rings. The van der Waals surface area contributed by atoms with Crippen LogP contribution < -0.4 is 5.73 Å². The molecule has 86 valence electrons. The van der Waals surface area contributed by atoms with Gasteiger partial charge in [0, 0.05) is 11.5 Å². The Morgan fingerprint density at radius 1 is 1.44 bits per heavy atom. The van der Waals surface area contributed by atoms with Crippen LogP contribution in [0.5, 0.6) is 0 Å². The van der Waals surface area contributed by atoms with Crippen LogP contribution in [-0.2, 0) is 5.54 Å². The Hall–Kier alpha value is -1.03. The molecule has 3 nitrogen and oxygen atoms in total.